The Balaban J connectivity index is 1.67. The minimum Gasteiger partial charge on any atom is -0.507 e. The Kier molecular flexibility index (Phi) is 6.15. The maximum absolute atomic E-state index is 13.5. The second-order valence-electron chi connectivity index (χ2n) is 10.1. The Morgan fingerprint density at radius 1 is 0.946 bits per heavy atom. The predicted octanol–water partition coefficient (Wildman–Crippen LogP) is 5.39. The molecule has 7 nitrogen and oxygen atoms in total. The van der Waals surface area contributed by atoms with Gasteiger partial charge in [0.15, 0.2) is 11.5 Å². The predicted molar refractivity (Wildman–Crippen MR) is 140 cm³/mol. The molecule has 3 aromatic carbocycles. The summed E-state index contributed by atoms with van der Waals surface area (Å²) in [4.78, 5) is 28.4. The highest BCUT2D eigenvalue weighted by atomic mass is 16.6. The van der Waals surface area contributed by atoms with Crippen LogP contribution in [0.2, 0.25) is 0 Å². The van der Waals surface area contributed by atoms with Gasteiger partial charge in [0, 0.05) is 11.3 Å². The molecule has 1 fully saturated rings. The van der Waals surface area contributed by atoms with Crippen LogP contribution in [0.25, 0.3) is 5.76 Å². The summed E-state index contributed by atoms with van der Waals surface area (Å²) in [7, 11) is 1.55. The molecule has 190 valence electrons. The van der Waals surface area contributed by atoms with E-state index in [4.69, 9.17) is 14.2 Å². The Hall–Kier alpha value is -4.26. The minimum atomic E-state index is -0.858. The lowest BCUT2D eigenvalue weighted by Crippen LogP contribution is -2.29. The van der Waals surface area contributed by atoms with Gasteiger partial charge in [0.05, 0.1) is 18.7 Å². The number of nitrogens with zero attached hydrogens (tertiary/aromatic N) is 1. The van der Waals surface area contributed by atoms with Gasteiger partial charge < -0.3 is 19.3 Å². The molecule has 2 heterocycles. The lowest BCUT2D eigenvalue weighted by Gasteiger charge is -2.27. The van der Waals surface area contributed by atoms with Crippen LogP contribution in [-0.4, -0.2) is 37.1 Å². The number of aliphatic hydroxyl groups excluding tert-OH is 1. The van der Waals surface area contributed by atoms with E-state index in [2.05, 4.69) is 20.8 Å². The molecule has 1 saturated heterocycles. The molecule has 0 aliphatic carbocycles. The Bertz CT molecular complexity index is 1400. The van der Waals surface area contributed by atoms with Crippen LogP contribution in [0.4, 0.5) is 5.69 Å². The fourth-order valence-electron chi connectivity index (χ4n) is 4.69. The maximum atomic E-state index is 13.5. The number of hydrogen-bond donors (Lipinski definition) is 1. The van der Waals surface area contributed by atoms with E-state index in [0.29, 0.717) is 47.3 Å². The molecule has 1 atom stereocenters. The van der Waals surface area contributed by atoms with E-state index in [0.717, 1.165) is 5.56 Å². The van der Waals surface area contributed by atoms with Crippen LogP contribution in [-0.2, 0) is 15.0 Å². The van der Waals surface area contributed by atoms with Crippen LogP contribution >= 0.6 is 0 Å². The number of methoxy groups -OCH3 is 1. The van der Waals surface area contributed by atoms with Crippen LogP contribution in [0.1, 0.15) is 43.5 Å². The Morgan fingerprint density at radius 2 is 1.65 bits per heavy atom. The molecule has 37 heavy (non-hydrogen) atoms. The number of fused-ring (bicyclic) bond motifs is 1. The molecule has 0 radical (unpaired) electrons. The second kappa shape index (κ2) is 9.32. The molecule has 1 amide bonds. The monoisotopic (exact) mass is 499 g/mol. The number of benzene rings is 3. The number of Topliss-reactive ketones (excluding diaryl/α,β-unsaturated/α-hetero) is 1. The smallest absolute Gasteiger partial charge is 0.300 e. The van der Waals surface area contributed by atoms with Crippen molar-refractivity contribution in [3.8, 4) is 17.2 Å². The third-order valence-corrected chi connectivity index (χ3v) is 6.68. The molecule has 7 heteroatoms. The number of hydrogen-bond acceptors (Lipinski definition) is 6. The molecular weight excluding hydrogens is 470 g/mol. The summed E-state index contributed by atoms with van der Waals surface area (Å²) >= 11 is 0. The third-order valence-electron chi connectivity index (χ3n) is 6.68. The Labute approximate surface area is 215 Å². The van der Waals surface area contributed by atoms with Crippen molar-refractivity contribution >= 4 is 23.1 Å². The van der Waals surface area contributed by atoms with Crippen LogP contribution in [0, 0.1) is 0 Å². The van der Waals surface area contributed by atoms with Gasteiger partial charge >= 0.3 is 0 Å². The highest BCUT2D eigenvalue weighted by Crippen LogP contribution is 2.44. The van der Waals surface area contributed by atoms with Gasteiger partial charge in [0.25, 0.3) is 11.7 Å². The van der Waals surface area contributed by atoms with Gasteiger partial charge in [-0.1, -0.05) is 45.0 Å². The van der Waals surface area contributed by atoms with Crippen LogP contribution < -0.4 is 19.1 Å². The van der Waals surface area contributed by atoms with Crippen molar-refractivity contribution in [2.45, 2.75) is 32.2 Å². The SMILES string of the molecule is COc1cccc(C2/C(=C(/O)c3ccc4c(c3)OCCO4)C(=O)C(=O)N2c2ccc(C(C)(C)C)cc2)c1. The Morgan fingerprint density at radius 3 is 2.32 bits per heavy atom. The molecule has 5 rings (SSSR count). The summed E-state index contributed by atoms with van der Waals surface area (Å²) in [6.07, 6.45) is 0. The third kappa shape index (κ3) is 4.42. The molecule has 1 N–H and O–H groups in total. The maximum Gasteiger partial charge on any atom is 0.300 e. The van der Waals surface area contributed by atoms with Crippen LogP contribution in [0.3, 0.4) is 0 Å². The largest absolute Gasteiger partial charge is 0.507 e. The second-order valence-corrected chi connectivity index (χ2v) is 10.1. The van der Waals surface area contributed by atoms with Crippen molar-refractivity contribution in [2.75, 3.05) is 25.2 Å². The van der Waals surface area contributed by atoms with E-state index in [9.17, 15) is 14.7 Å². The fraction of sp³-hybridized carbons (Fsp3) is 0.267. The summed E-state index contributed by atoms with van der Waals surface area (Å²) in [5, 5.41) is 11.4. The number of ether oxygens (including phenoxy) is 3. The average Bonchev–Trinajstić information content (AvgIpc) is 3.17. The van der Waals surface area contributed by atoms with Gasteiger partial charge in [0.2, 0.25) is 0 Å². The number of rotatable bonds is 4. The summed E-state index contributed by atoms with van der Waals surface area (Å²) in [6.45, 7) is 7.15. The first kappa shape index (κ1) is 24.4. The van der Waals surface area contributed by atoms with E-state index < -0.39 is 17.7 Å². The summed E-state index contributed by atoms with van der Waals surface area (Å²) in [5.74, 6) is -0.148. The summed E-state index contributed by atoms with van der Waals surface area (Å²) in [6, 6.07) is 18.8. The topological polar surface area (TPSA) is 85.3 Å². The van der Waals surface area contributed by atoms with Gasteiger partial charge in [0.1, 0.15) is 24.7 Å². The standard InChI is InChI=1S/C30H29NO6/c1-30(2,3)20-9-11-21(12-10-20)31-26(18-6-5-7-22(16-18)35-4)25(28(33)29(31)34)27(32)19-8-13-23-24(17-19)37-15-14-36-23/h5-13,16-17,26,32H,14-15H2,1-4H3/b27-25-. The van der Waals surface area contributed by atoms with E-state index in [1.165, 1.54) is 4.90 Å². The van der Waals surface area contributed by atoms with Crippen LogP contribution in [0.15, 0.2) is 72.3 Å². The van der Waals surface area contributed by atoms with Crippen molar-refractivity contribution in [1.29, 1.82) is 0 Å². The number of amides is 1. The van der Waals surface area contributed by atoms with Crippen molar-refractivity contribution in [3.63, 3.8) is 0 Å². The lowest BCUT2D eigenvalue weighted by atomic mass is 9.87. The van der Waals surface area contributed by atoms with Crippen molar-refractivity contribution in [3.05, 3.63) is 89.0 Å². The number of anilines is 1. The zero-order chi connectivity index (χ0) is 26.3. The number of carbonyl (C=O) groups excluding carboxylic acids is 2. The molecule has 3 aromatic rings. The first-order chi connectivity index (χ1) is 17.7. The van der Waals surface area contributed by atoms with E-state index in [1.807, 2.05) is 30.3 Å². The van der Waals surface area contributed by atoms with Crippen molar-refractivity contribution in [1.82, 2.24) is 0 Å². The normalized spacial score (nSPS) is 18.7. The van der Waals surface area contributed by atoms with E-state index in [-0.39, 0.29) is 16.7 Å². The molecule has 0 saturated carbocycles. The molecular formula is C30H29NO6. The first-order valence-electron chi connectivity index (χ1n) is 12.1. The molecule has 0 aromatic heterocycles. The lowest BCUT2D eigenvalue weighted by molar-refractivity contribution is -0.132. The van der Waals surface area contributed by atoms with Gasteiger partial charge in [-0.3, -0.25) is 14.5 Å². The molecule has 2 aliphatic heterocycles. The summed E-state index contributed by atoms with van der Waals surface area (Å²) in [5.41, 5.74) is 2.58. The first-order valence-corrected chi connectivity index (χ1v) is 12.1. The van der Waals surface area contributed by atoms with Gasteiger partial charge in [-0.15, -0.1) is 0 Å². The van der Waals surface area contributed by atoms with Gasteiger partial charge in [-0.05, 0) is 59.0 Å². The minimum absolute atomic E-state index is 0.00479. The zero-order valence-corrected chi connectivity index (χ0v) is 21.3. The summed E-state index contributed by atoms with van der Waals surface area (Å²) < 4.78 is 16.6. The van der Waals surface area contributed by atoms with Crippen molar-refractivity contribution < 1.29 is 28.9 Å². The molecule has 0 spiro atoms. The molecule has 2 aliphatic rings. The quantitative estimate of drug-likeness (QED) is 0.294. The fourth-order valence-corrected chi connectivity index (χ4v) is 4.69. The number of carbonyl (C=O) groups is 2. The average molecular weight is 500 g/mol. The highest BCUT2D eigenvalue weighted by Gasteiger charge is 2.47. The number of ketones is 1. The van der Waals surface area contributed by atoms with Gasteiger partial charge in [-0.25, -0.2) is 0 Å². The zero-order valence-electron chi connectivity index (χ0n) is 21.3. The highest BCUT2D eigenvalue weighted by molar-refractivity contribution is 6.51. The number of aliphatic hydroxyl groups is 1. The van der Waals surface area contributed by atoms with E-state index in [1.54, 1.807) is 43.5 Å². The van der Waals surface area contributed by atoms with Gasteiger partial charge in [-0.2, -0.15) is 0 Å². The molecule has 1 unspecified atom stereocenters. The van der Waals surface area contributed by atoms with Crippen LogP contribution in [0.5, 0.6) is 17.2 Å². The van der Waals surface area contributed by atoms with E-state index >= 15 is 0 Å². The van der Waals surface area contributed by atoms with Crippen molar-refractivity contribution in [2.24, 2.45) is 0 Å². The molecule has 0 bridgehead atoms.